The smallest absolute Gasteiger partial charge is 0.241 e. The van der Waals surface area contributed by atoms with Crippen LogP contribution in [0.25, 0.3) is 11.3 Å². The molecule has 6 N–H and O–H groups in total. The first-order valence-electron chi connectivity index (χ1n) is 8.04. The topological polar surface area (TPSA) is 127 Å². The number of hydrogen-bond acceptors (Lipinski definition) is 6. The maximum absolute atomic E-state index is 12.4. The van der Waals surface area contributed by atoms with Crippen molar-refractivity contribution in [2.24, 2.45) is 5.73 Å². The van der Waals surface area contributed by atoms with E-state index in [9.17, 15) is 9.90 Å². The van der Waals surface area contributed by atoms with E-state index in [1.54, 1.807) is 48.7 Å². The van der Waals surface area contributed by atoms with Gasteiger partial charge in [0.1, 0.15) is 5.75 Å². The molecule has 2 aromatic carbocycles. The highest BCUT2D eigenvalue weighted by atomic mass is 35.5. The summed E-state index contributed by atoms with van der Waals surface area (Å²) in [6.07, 6.45) is 1.95. The number of carbonyl (C=O) groups excluding carboxylic acids is 1. The molecule has 8 heteroatoms. The van der Waals surface area contributed by atoms with Crippen LogP contribution in [0.4, 0.5) is 11.6 Å². The molecule has 0 aliphatic rings. The van der Waals surface area contributed by atoms with Crippen LogP contribution in [0.5, 0.6) is 5.75 Å². The first-order valence-corrected chi connectivity index (χ1v) is 8.04. The number of aromatic hydroxyl groups is 1. The van der Waals surface area contributed by atoms with E-state index in [1.165, 1.54) is 0 Å². The SMILES string of the molecule is Cl.Nc1nccc(-c2cccc(NC(=O)C(N)Cc3ccc(O)cc3)c2)n1. The zero-order valence-corrected chi connectivity index (χ0v) is 15.2. The van der Waals surface area contributed by atoms with Gasteiger partial charge in [0.05, 0.1) is 11.7 Å². The number of carbonyl (C=O) groups is 1. The standard InChI is InChI=1S/C19H19N5O2.ClH/c20-16(10-12-4-6-15(25)7-5-12)18(26)23-14-3-1-2-13(11-14)17-8-9-22-19(21)24-17;/h1-9,11,16,25H,10,20H2,(H,23,26)(H2,21,22,24);1H. The quantitative estimate of drug-likeness (QED) is 0.534. The molecule has 27 heavy (non-hydrogen) atoms. The number of nitrogens with zero attached hydrogens (tertiary/aromatic N) is 2. The van der Waals surface area contributed by atoms with E-state index in [0.29, 0.717) is 17.8 Å². The van der Waals surface area contributed by atoms with Crippen molar-refractivity contribution in [1.29, 1.82) is 0 Å². The van der Waals surface area contributed by atoms with Crippen molar-refractivity contribution in [2.45, 2.75) is 12.5 Å². The van der Waals surface area contributed by atoms with E-state index in [2.05, 4.69) is 15.3 Å². The number of aromatic nitrogens is 2. The van der Waals surface area contributed by atoms with Crippen LogP contribution in [0, 0.1) is 0 Å². The van der Waals surface area contributed by atoms with E-state index >= 15 is 0 Å². The molecule has 1 atom stereocenters. The summed E-state index contributed by atoms with van der Waals surface area (Å²) in [5, 5.41) is 12.1. The summed E-state index contributed by atoms with van der Waals surface area (Å²) in [5.74, 6) is 0.0687. The summed E-state index contributed by atoms with van der Waals surface area (Å²) in [6, 6.07) is 14.9. The van der Waals surface area contributed by atoms with Crippen molar-refractivity contribution in [3.63, 3.8) is 0 Å². The van der Waals surface area contributed by atoms with Gasteiger partial charge in [-0.3, -0.25) is 4.79 Å². The van der Waals surface area contributed by atoms with Gasteiger partial charge in [0.2, 0.25) is 11.9 Å². The van der Waals surface area contributed by atoms with Crippen LogP contribution in [0.3, 0.4) is 0 Å². The highest BCUT2D eigenvalue weighted by Crippen LogP contribution is 2.21. The minimum Gasteiger partial charge on any atom is -0.508 e. The molecule has 1 amide bonds. The Morgan fingerprint density at radius 1 is 1.15 bits per heavy atom. The van der Waals surface area contributed by atoms with Gasteiger partial charge in [-0.1, -0.05) is 24.3 Å². The fourth-order valence-electron chi connectivity index (χ4n) is 2.50. The van der Waals surface area contributed by atoms with Gasteiger partial charge < -0.3 is 21.9 Å². The zero-order valence-electron chi connectivity index (χ0n) is 14.4. The number of amides is 1. The molecule has 7 nitrogen and oxygen atoms in total. The minimum absolute atomic E-state index is 0. The lowest BCUT2D eigenvalue weighted by atomic mass is 10.1. The number of phenolic OH excluding ortho intramolecular Hbond substituents is 1. The number of nitrogens with one attached hydrogen (secondary N) is 1. The molecular formula is C19H20ClN5O2. The van der Waals surface area contributed by atoms with Crippen LogP contribution in [0.15, 0.2) is 60.8 Å². The van der Waals surface area contributed by atoms with Gasteiger partial charge in [-0.25, -0.2) is 9.97 Å². The van der Waals surface area contributed by atoms with Crippen LogP contribution < -0.4 is 16.8 Å². The first kappa shape index (κ1) is 20.2. The Morgan fingerprint density at radius 2 is 1.89 bits per heavy atom. The molecule has 1 unspecified atom stereocenters. The van der Waals surface area contributed by atoms with E-state index in [0.717, 1.165) is 11.1 Å². The van der Waals surface area contributed by atoms with Crippen molar-refractivity contribution in [1.82, 2.24) is 9.97 Å². The van der Waals surface area contributed by atoms with Crippen molar-refractivity contribution < 1.29 is 9.90 Å². The van der Waals surface area contributed by atoms with Gasteiger partial charge >= 0.3 is 0 Å². The molecule has 0 saturated heterocycles. The molecule has 140 valence electrons. The zero-order chi connectivity index (χ0) is 18.5. The largest absolute Gasteiger partial charge is 0.508 e. The Hall–Kier alpha value is -3.16. The molecular weight excluding hydrogens is 366 g/mol. The molecule has 0 fully saturated rings. The normalized spacial score (nSPS) is 11.3. The Labute approximate surface area is 162 Å². The molecule has 1 aromatic heterocycles. The molecule has 0 saturated carbocycles. The summed E-state index contributed by atoms with van der Waals surface area (Å²) in [7, 11) is 0. The molecule has 0 radical (unpaired) electrons. The summed E-state index contributed by atoms with van der Waals surface area (Å²) in [5.41, 5.74) is 14.6. The number of anilines is 2. The number of rotatable bonds is 5. The van der Waals surface area contributed by atoms with Crippen LogP contribution in [-0.2, 0) is 11.2 Å². The van der Waals surface area contributed by atoms with Gasteiger partial charge in [0, 0.05) is 17.4 Å². The van der Waals surface area contributed by atoms with Crippen molar-refractivity contribution in [3.8, 4) is 17.0 Å². The van der Waals surface area contributed by atoms with Crippen molar-refractivity contribution in [2.75, 3.05) is 11.1 Å². The van der Waals surface area contributed by atoms with Gasteiger partial charge in [-0.15, -0.1) is 12.4 Å². The lowest BCUT2D eigenvalue weighted by molar-refractivity contribution is -0.117. The minimum atomic E-state index is -0.710. The van der Waals surface area contributed by atoms with Crippen LogP contribution in [0.2, 0.25) is 0 Å². The molecule has 0 aliphatic heterocycles. The lowest BCUT2D eigenvalue weighted by Gasteiger charge is -2.13. The predicted molar refractivity (Wildman–Crippen MR) is 108 cm³/mol. The number of benzene rings is 2. The van der Waals surface area contributed by atoms with Crippen molar-refractivity contribution in [3.05, 3.63) is 66.4 Å². The number of hydrogen-bond donors (Lipinski definition) is 4. The van der Waals surface area contributed by atoms with Crippen LogP contribution in [0.1, 0.15) is 5.56 Å². The second-order valence-electron chi connectivity index (χ2n) is 5.85. The number of nitrogens with two attached hydrogens (primary N) is 2. The van der Waals surface area contributed by atoms with E-state index in [-0.39, 0.29) is 30.0 Å². The Kier molecular flexibility index (Phi) is 6.70. The Bertz CT molecular complexity index is 918. The maximum Gasteiger partial charge on any atom is 0.241 e. The second kappa shape index (κ2) is 8.98. The highest BCUT2D eigenvalue weighted by molar-refractivity contribution is 5.95. The van der Waals surface area contributed by atoms with Gasteiger partial charge in [0.25, 0.3) is 0 Å². The summed E-state index contributed by atoms with van der Waals surface area (Å²) >= 11 is 0. The van der Waals surface area contributed by atoms with Gasteiger partial charge in [-0.2, -0.15) is 0 Å². The van der Waals surface area contributed by atoms with E-state index in [1.807, 2.05) is 12.1 Å². The highest BCUT2D eigenvalue weighted by Gasteiger charge is 2.15. The third kappa shape index (κ3) is 5.40. The van der Waals surface area contributed by atoms with Crippen LogP contribution >= 0.6 is 12.4 Å². The number of nitrogen functional groups attached to an aromatic ring is 1. The Balaban J connectivity index is 0.00000261. The summed E-state index contributed by atoms with van der Waals surface area (Å²) in [4.78, 5) is 20.4. The number of phenols is 1. The lowest BCUT2D eigenvalue weighted by Crippen LogP contribution is -2.37. The van der Waals surface area contributed by atoms with E-state index < -0.39 is 6.04 Å². The molecule has 1 heterocycles. The molecule has 0 aliphatic carbocycles. The number of halogens is 1. The molecule has 3 rings (SSSR count). The third-order valence-electron chi connectivity index (χ3n) is 3.83. The molecule has 0 spiro atoms. The Morgan fingerprint density at radius 3 is 2.59 bits per heavy atom. The first-order chi connectivity index (χ1) is 12.5. The van der Waals surface area contributed by atoms with Gasteiger partial charge in [0.15, 0.2) is 0 Å². The fourth-order valence-corrected chi connectivity index (χ4v) is 2.50. The summed E-state index contributed by atoms with van der Waals surface area (Å²) in [6.45, 7) is 0. The van der Waals surface area contributed by atoms with Crippen LogP contribution in [-0.4, -0.2) is 27.0 Å². The fraction of sp³-hybridized carbons (Fsp3) is 0.105. The monoisotopic (exact) mass is 385 g/mol. The van der Waals surface area contributed by atoms with Crippen molar-refractivity contribution >= 4 is 29.9 Å². The maximum atomic E-state index is 12.4. The van der Waals surface area contributed by atoms with Gasteiger partial charge in [-0.05, 0) is 42.3 Å². The van der Waals surface area contributed by atoms with E-state index in [4.69, 9.17) is 11.5 Å². The summed E-state index contributed by atoms with van der Waals surface area (Å²) < 4.78 is 0. The average molecular weight is 386 g/mol. The predicted octanol–water partition coefficient (Wildman–Crippen LogP) is 2.36. The average Bonchev–Trinajstić information content (AvgIpc) is 2.64. The third-order valence-corrected chi connectivity index (χ3v) is 3.83. The molecule has 3 aromatic rings. The second-order valence-corrected chi connectivity index (χ2v) is 5.85. The molecule has 0 bridgehead atoms.